The minimum absolute atomic E-state index is 0.334. The van der Waals surface area contributed by atoms with E-state index in [1.165, 1.54) is 11.1 Å². The van der Waals surface area contributed by atoms with Crippen molar-refractivity contribution >= 4 is 11.9 Å². The molecule has 0 saturated carbocycles. The highest BCUT2D eigenvalue weighted by molar-refractivity contribution is 5.96. The highest BCUT2D eigenvalue weighted by Crippen LogP contribution is 2.19. The number of nitrogens with one attached hydrogen (secondary N) is 1. The van der Waals surface area contributed by atoms with Crippen molar-refractivity contribution in [2.75, 3.05) is 20.1 Å². The van der Waals surface area contributed by atoms with Gasteiger partial charge in [0.2, 0.25) is 0 Å². The van der Waals surface area contributed by atoms with Gasteiger partial charge in [-0.25, -0.2) is 0 Å². The summed E-state index contributed by atoms with van der Waals surface area (Å²) in [6.07, 6.45) is 0.923. The normalized spacial score (nSPS) is 13.8. The summed E-state index contributed by atoms with van der Waals surface area (Å²) in [7, 11) is 2.07. The fourth-order valence-corrected chi connectivity index (χ4v) is 2.09. The molecule has 5 heteroatoms. The lowest BCUT2D eigenvalue weighted by Crippen LogP contribution is -2.30. The molecule has 20 heavy (non-hydrogen) atoms. The van der Waals surface area contributed by atoms with E-state index < -0.39 is 5.97 Å². The monoisotopic (exact) mass is 278 g/mol. The third-order valence-electron chi connectivity index (χ3n) is 3.07. The molecule has 0 unspecified atom stereocenters. The van der Waals surface area contributed by atoms with E-state index in [9.17, 15) is 9.59 Å². The first kappa shape index (κ1) is 16.2. The number of amides is 1. The molecule has 0 bridgehead atoms. The van der Waals surface area contributed by atoms with Crippen molar-refractivity contribution in [3.05, 3.63) is 34.9 Å². The smallest absolute Gasteiger partial charge is 0.322 e. The van der Waals surface area contributed by atoms with Crippen molar-refractivity contribution in [3.63, 3.8) is 0 Å². The summed E-state index contributed by atoms with van der Waals surface area (Å²) < 4.78 is 0. The lowest BCUT2D eigenvalue weighted by atomic mass is 9.97. The Kier molecular flexibility index (Phi) is 6.18. The topological polar surface area (TPSA) is 69.6 Å². The minimum atomic E-state index is -1.04. The number of nitrogens with zero attached hydrogens (tertiary/aromatic N) is 1. The van der Waals surface area contributed by atoms with E-state index in [1.54, 1.807) is 6.07 Å². The molecule has 0 aromatic heterocycles. The molecule has 0 aliphatic carbocycles. The standard InChI is InChI=1S/C13H16N2O3.C2H6/c1-15-5-4-9-6-10(2-3-11(9)8-15)13(18)14-7-12(16)17;1-2/h2-3,6H,4-5,7-8H2,1H3,(H,14,18)(H,16,17);1-2H3. The average Bonchev–Trinajstić information content (AvgIpc) is 2.46. The van der Waals surface area contributed by atoms with Gasteiger partial charge in [0.05, 0.1) is 0 Å². The second-order valence-corrected chi connectivity index (χ2v) is 4.55. The van der Waals surface area contributed by atoms with Crippen LogP contribution in [0.4, 0.5) is 0 Å². The van der Waals surface area contributed by atoms with Gasteiger partial charge in [-0.3, -0.25) is 9.59 Å². The molecule has 2 rings (SSSR count). The van der Waals surface area contributed by atoms with Crippen molar-refractivity contribution in [1.82, 2.24) is 10.2 Å². The summed E-state index contributed by atoms with van der Waals surface area (Å²) in [5.74, 6) is -1.37. The zero-order chi connectivity index (χ0) is 15.1. The van der Waals surface area contributed by atoms with Crippen LogP contribution in [0.5, 0.6) is 0 Å². The molecular weight excluding hydrogens is 256 g/mol. The van der Waals surface area contributed by atoms with Gasteiger partial charge in [-0.2, -0.15) is 0 Å². The molecule has 1 aliphatic heterocycles. The number of aliphatic carboxylic acids is 1. The number of carboxylic acids is 1. The Morgan fingerprint density at radius 1 is 1.30 bits per heavy atom. The summed E-state index contributed by atoms with van der Waals surface area (Å²) in [4.78, 5) is 24.3. The second-order valence-electron chi connectivity index (χ2n) is 4.55. The third kappa shape index (κ3) is 4.35. The summed E-state index contributed by atoms with van der Waals surface area (Å²) in [6.45, 7) is 5.53. The quantitative estimate of drug-likeness (QED) is 0.879. The van der Waals surface area contributed by atoms with E-state index in [1.807, 2.05) is 26.0 Å². The first-order valence-electron chi connectivity index (χ1n) is 6.86. The molecule has 0 spiro atoms. The lowest BCUT2D eigenvalue weighted by Gasteiger charge is -2.25. The first-order chi connectivity index (χ1) is 9.56. The Hall–Kier alpha value is -1.88. The number of hydrogen-bond acceptors (Lipinski definition) is 3. The van der Waals surface area contributed by atoms with E-state index in [2.05, 4.69) is 17.3 Å². The highest BCUT2D eigenvalue weighted by atomic mass is 16.4. The molecule has 1 aliphatic rings. The Labute approximate surface area is 119 Å². The Bertz CT molecular complexity index is 486. The minimum Gasteiger partial charge on any atom is -0.480 e. The molecule has 1 heterocycles. The van der Waals surface area contributed by atoms with E-state index in [0.717, 1.165) is 19.5 Å². The number of benzene rings is 1. The van der Waals surface area contributed by atoms with Crippen molar-refractivity contribution in [1.29, 1.82) is 0 Å². The number of likely N-dealkylation sites (N-methyl/N-ethyl adjacent to an activating group) is 1. The Morgan fingerprint density at radius 3 is 2.65 bits per heavy atom. The van der Waals surface area contributed by atoms with Crippen LogP contribution in [-0.4, -0.2) is 42.0 Å². The average molecular weight is 278 g/mol. The summed E-state index contributed by atoms with van der Waals surface area (Å²) in [6, 6.07) is 5.55. The number of carbonyl (C=O) groups is 2. The molecule has 2 N–H and O–H groups in total. The van der Waals surface area contributed by atoms with Crippen molar-refractivity contribution in [2.45, 2.75) is 26.8 Å². The van der Waals surface area contributed by atoms with Crippen LogP contribution in [-0.2, 0) is 17.8 Å². The molecule has 1 aromatic carbocycles. The molecule has 110 valence electrons. The maximum absolute atomic E-state index is 11.7. The Morgan fingerprint density at radius 2 is 2.00 bits per heavy atom. The van der Waals surface area contributed by atoms with Gasteiger partial charge >= 0.3 is 5.97 Å². The summed E-state index contributed by atoms with van der Waals surface area (Å²) >= 11 is 0. The molecule has 0 fully saturated rings. The van der Waals surface area contributed by atoms with Crippen LogP contribution in [0.2, 0.25) is 0 Å². The molecule has 0 atom stereocenters. The van der Waals surface area contributed by atoms with Crippen LogP contribution in [0.25, 0.3) is 0 Å². The van der Waals surface area contributed by atoms with Gasteiger partial charge in [-0.15, -0.1) is 0 Å². The molecule has 0 saturated heterocycles. The van der Waals surface area contributed by atoms with Crippen LogP contribution in [0, 0.1) is 0 Å². The lowest BCUT2D eigenvalue weighted by molar-refractivity contribution is -0.135. The third-order valence-corrected chi connectivity index (χ3v) is 3.07. The predicted molar refractivity (Wildman–Crippen MR) is 77.8 cm³/mol. The fraction of sp³-hybridized carbons (Fsp3) is 0.467. The van der Waals surface area contributed by atoms with E-state index in [-0.39, 0.29) is 12.5 Å². The first-order valence-corrected chi connectivity index (χ1v) is 6.86. The number of fused-ring (bicyclic) bond motifs is 1. The van der Waals surface area contributed by atoms with Gasteiger partial charge in [-0.1, -0.05) is 19.9 Å². The van der Waals surface area contributed by atoms with Gasteiger partial charge in [0.15, 0.2) is 0 Å². The SMILES string of the molecule is CC.CN1CCc2cc(C(=O)NCC(=O)O)ccc2C1. The largest absolute Gasteiger partial charge is 0.480 e. The predicted octanol–water partition coefficient (Wildman–Crippen LogP) is 1.52. The summed E-state index contributed by atoms with van der Waals surface area (Å²) in [5.41, 5.74) is 2.94. The number of rotatable bonds is 3. The molecule has 1 amide bonds. The van der Waals surface area contributed by atoms with Crippen LogP contribution in [0.1, 0.15) is 35.3 Å². The molecule has 5 nitrogen and oxygen atoms in total. The van der Waals surface area contributed by atoms with E-state index in [4.69, 9.17) is 5.11 Å². The fourth-order valence-electron chi connectivity index (χ4n) is 2.09. The van der Waals surface area contributed by atoms with Gasteiger partial charge in [0, 0.05) is 18.7 Å². The van der Waals surface area contributed by atoms with Gasteiger partial charge in [0.1, 0.15) is 6.54 Å². The zero-order valence-corrected chi connectivity index (χ0v) is 12.3. The van der Waals surface area contributed by atoms with Crippen LogP contribution in [0.3, 0.4) is 0 Å². The van der Waals surface area contributed by atoms with Crippen molar-refractivity contribution in [3.8, 4) is 0 Å². The van der Waals surface area contributed by atoms with Gasteiger partial charge in [0.25, 0.3) is 5.91 Å². The molecule has 0 radical (unpaired) electrons. The Balaban J connectivity index is 0.000000956. The molecular formula is C15H22N2O3. The van der Waals surface area contributed by atoms with Crippen LogP contribution < -0.4 is 5.32 Å². The van der Waals surface area contributed by atoms with E-state index in [0.29, 0.717) is 5.56 Å². The maximum Gasteiger partial charge on any atom is 0.322 e. The highest BCUT2D eigenvalue weighted by Gasteiger charge is 2.15. The second kappa shape index (κ2) is 7.65. The molecule has 1 aromatic rings. The van der Waals surface area contributed by atoms with Gasteiger partial charge in [-0.05, 0) is 36.7 Å². The summed E-state index contributed by atoms with van der Waals surface area (Å²) in [5, 5.41) is 10.9. The number of carboxylic acid groups (broad SMARTS) is 1. The van der Waals surface area contributed by atoms with E-state index >= 15 is 0 Å². The van der Waals surface area contributed by atoms with Crippen LogP contribution >= 0.6 is 0 Å². The van der Waals surface area contributed by atoms with Gasteiger partial charge < -0.3 is 15.3 Å². The van der Waals surface area contributed by atoms with Crippen molar-refractivity contribution < 1.29 is 14.7 Å². The number of carbonyl (C=O) groups excluding carboxylic acids is 1. The van der Waals surface area contributed by atoms with Crippen LogP contribution in [0.15, 0.2) is 18.2 Å². The number of hydrogen-bond donors (Lipinski definition) is 2. The zero-order valence-electron chi connectivity index (χ0n) is 12.3. The maximum atomic E-state index is 11.7. The van der Waals surface area contributed by atoms with Crippen molar-refractivity contribution in [2.24, 2.45) is 0 Å².